The highest BCUT2D eigenvalue weighted by Crippen LogP contribution is 2.31. The molecule has 0 radical (unpaired) electrons. The molecule has 1 aliphatic heterocycles. The number of hydrogen-bond donors (Lipinski definition) is 1. The SMILES string of the molecule is CCOCCCN1C(=O)C(Nc2cccc(C)c2)=C(c2ccc(C)c(C)c2)C1=O. The number of rotatable bonds is 8. The number of benzene rings is 2. The van der Waals surface area contributed by atoms with Gasteiger partial charge in [0.05, 0.1) is 5.57 Å². The molecule has 0 saturated heterocycles. The van der Waals surface area contributed by atoms with Crippen LogP contribution in [-0.4, -0.2) is 36.5 Å². The van der Waals surface area contributed by atoms with Gasteiger partial charge in [0.15, 0.2) is 0 Å². The van der Waals surface area contributed by atoms with Crippen LogP contribution in [0, 0.1) is 20.8 Å². The zero-order chi connectivity index (χ0) is 21.0. The number of imide groups is 1. The van der Waals surface area contributed by atoms with E-state index < -0.39 is 0 Å². The minimum atomic E-state index is -0.291. The monoisotopic (exact) mass is 392 g/mol. The molecule has 1 aliphatic rings. The first kappa shape index (κ1) is 20.8. The lowest BCUT2D eigenvalue weighted by atomic mass is 9.99. The van der Waals surface area contributed by atoms with Gasteiger partial charge in [0.25, 0.3) is 11.8 Å². The third-order valence-electron chi connectivity index (χ3n) is 5.13. The van der Waals surface area contributed by atoms with Crippen LogP contribution in [0.4, 0.5) is 5.69 Å². The zero-order valence-electron chi connectivity index (χ0n) is 17.5. The Hall–Kier alpha value is -2.92. The van der Waals surface area contributed by atoms with E-state index in [2.05, 4.69) is 5.32 Å². The predicted octanol–water partition coefficient (Wildman–Crippen LogP) is 4.23. The second-order valence-corrected chi connectivity index (χ2v) is 7.36. The Kier molecular flexibility index (Phi) is 6.49. The summed E-state index contributed by atoms with van der Waals surface area (Å²) in [6.45, 7) is 9.43. The van der Waals surface area contributed by atoms with Crippen LogP contribution in [0.1, 0.15) is 35.6 Å². The van der Waals surface area contributed by atoms with E-state index in [9.17, 15) is 9.59 Å². The lowest BCUT2D eigenvalue weighted by molar-refractivity contribution is -0.137. The first-order valence-corrected chi connectivity index (χ1v) is 10.0. The fourth-order valence-electron chi connectivity index (χ4n) is 3.40. The standard InChI is InChI=1S/C24H28N2O3/c1-5-29-13-7-12-26-23(27)21(19-11-10-17(3)18(4)15-19)22(24(26)28)25-20-9-6-8-16(2)14-20/h6,8-11,14-15,25H,5,7,12-13H2,1-4H3. The summed E-state index contributed by atoms with van der Waals surface area (Å²) in [4.78, 5) is 27.7. The van der Waals surface area contributed by atoms with Gasteiger partial charge in [0.1, 0.15) is 5.70 Å². The zero-order valence-corrected chi connectivity index (χ0v) is 17.5. The highest BCUT2D eigenvalue weighted by Gasteiger charge is 2.38. The molecular weight excluding hydrogens is 364 g/mol. The molecule has 0 aliphatic carbocycles. The number of anilines is 1. The first-order chi connectivity index (χ1) is 13.9. The van der Waals surface area contributed by atoms with Crippen LogP contribution in [0.3, 0.4) is 0 Å². The van der Waals surface area contributed by atoms with Gasteiger partial charge in [-0.15, -0.1) is 0 Å². The molecule has 152 valence electrons. The minimum Gasteiger partial charge on any atom is -0.382 e. The minimum absolute atomic E-state index is 0.259. The second-order valence-electron chi connectivity index (χ2n) is 7.36. The summed E-state index contributed by atoms with van der Waals surface area (Å²) in [6.07, 6.45) is 0.614. The summed E-state index contributed by atoms with van der Waals surface area (Å²) in [5.41, 5.74) is 5.62. The number of amides is 2. The summed E-state index contributed by atoms with van der Waals surface area (Å²) < 4.78 is 5.36. The Bertz CT molecular complexity index is 962. The highest BCUT2D eigenvalue weighted by molar-refractivity contribution is 6.36. The number of carbonyl (C=O) groups excluding carboxylic acids is 2. The third kappa shape index (κ3) is 4.57. The average Bonchev–Trinajstić information content (AvgIpc) is 2.91. The van der Waals surface area contributed by atoms with Crippen molar-refractivity contribution in [3.63, 3.8) is 0 Å². The van der Waals surface area contributed by atoms with E-state index in [1.807, 2.05) is 70.2 Å². The van der Waals surface area contributed by atoms with Gasteiger partial charge in [-0.25, -0.2) is 0 Å². The fraction of sp³-hybridized carbons (Fsp3) is 0.333. The molecule has 0 saturated carbocycles. The van der Waals surface area contributed by atoms with E-state index in [-0.39, 0.29) is 11.8 Å². The van der Waals surface area contributed by atoms with Gasteiger partial charge in [-0.2, -0.15) is 0 Å². The van der Waals surface area contributed by atoms with Crippen LogP contribution in [-0.2, 0) is 14.3 Å². The van der Waals surface area contributed by atoms with E-state index in [0.717, 1.165) is 27.9 Å². The van der Waals surface area contributed by atoms with Gasteiger partial charge >= 0.3 is 0 Å². The molecule has 1 heterocycles. The van der Waals surface area contributed by atoms with Gasteiger partial charge in [0.2, 0.25) is 0 Å². The smallest absolute Gasteiger partial charge is 0.278 e. The van der Waals surface area contributed by atoms with Gasteiger partial charge in [0, 0.05) is 25.4 Å². The summed E-state index contributed by atoms with van der Waals surface area (Å²) in [6, 6.07) is 13.6. The van der Waals surface area contributed by atoms with Crippen LogP contribution >= 0.6 is 0 Å². The molecule has 0 unspecified atom stereocenters. The Morgan fingerprint density at radius 1 is 0.966 bits per heavy atom. The maximum absolute atomic E-state index is 13.2. The molecule has 0 fully saturated rings. The molecule has 5 nitrogen and oxygen atoms in total. The van der Waals surface area contributed by atoms with Crippen molar-refractivity contribution < 1.29 is 14.3 Å². The van der Waals surface area contributed by atoms with Crippen LogP contribution in [0.25, 0.3) is 5.57 Å². The summed E-state index contributed by atoms with van der Waals surface area (Å²) in [5.74, 6) is -0.550. The molecule has 1 N–H and O–H groups in total. The highest BCUT2D eigenvalue weighted by atomic mass is 16.5. The van der Waals surface area contributed by atoms with Crippen molar-refractivity contribution in [1.29, 1.82) is 0 Å². The molecule has 2 aromatic carbocycles. The van der Waals surface area contributed by atoms with Crippen molar-refractivity contribution in [2.75, 3.05) is 25.1 Å². The van der Waals surface area contributed by atoms with Crippen molar-refractivity contribution in [1.82, 2.24) is 4.90 Å². The number of aryl methyl sites for hydroxylation is 3. The van der Waals surface area contributed by atoms with E-state index in [4.69, 9.17) is 4.74 Å². The van der Waals surface area contributed by atoms with E-state index in [0.29, 0.717) is 37.4 Å². The number of nitrogens with zero attached hydrogens (tertiary/aromatic N) is 1. The number of nitrogens with one attached hydrogen (secondary N) is 1. The normalized spacial score (nSPS) is 14.1. The Morgan fingerprint density at radius 3 is 2.45 bits per heavy atom. The Balaban J connectivity index is 1.97. The van der Waals surface area contributed by atoms with Gasteiger partial charge in [-0.1, -0.05) is 30.3 Å². The van der Waals surface area contributed by atoms with Crippen molar-refractivity contribution in [3.05, 3.63) is 70.4 Å². The van der Waals surface area contributed by atoms with Crippen molar-refractivity contribution in [2.45, 2.75) is 34.1 Å². The lowest BCUT2D eigenvalue weighted by Gasteiger charge is -2.15. The molecule has 0 spiro atoms. The lowest BCUT2D eigenvalue weighted by Crippen LogP contribution is -2.34. The number of hydrogen-bond acceptors (Lipinski definition) is 4. The second kappa shape index (κ2) is 9.05. The molecule has 2 amide bonds. The number of carbonyl (C=O) groups is 2. The van der Waals surface area contributed by atoms with Gasteiger partial charge in [-0.3, -0.25) is 14.5 Å². The Labute approximate surface area is 172 Å². The summed E-state index contributed by atoms with van der Waals surface area (Å²) in [5, 5.41) is 3.21. The van der Waals surface area contributed by atoms with E-state index in [1.54, 1.807) is 0 Å². The van der Waals surface area contributed by atoms with E-state index in [1.165, 1.54) is 4.90 Å². The summed E-state index contributed by atoms with van der Waals surface area (Å²) >= 11 is 0. The average molecular weight is 392 g/mol. The predicted molar refractivity (Wildman–Crippen MR) is 115 cm³/mol. The quantitative estimate of drug-likeness (QED) is 0.539. The molecule has 0 bridgehead atoms. The number of ether oxygens (including phenoxy) is 1. The first-order valence-electron chi connectivity index (χ1n) is 10.0. The third-order valence-corrected chi connectivity index (χ3v) is 5.13. The van der Waals surface area contributed by atoms with Crippen LogP contribution in [0.2, 0.25) is 0 Å². The van der Waals surface area contributed by atoms with Gasteiger partial charge in [-0.05, 0) is 68.5 Å². The molecule has 2 aromatic rings. The Morgan fingerprint density at radius 2 is 1.76 bits per heavy atom. The van der Waals surface area contributed by atoms with E-state index >= 15 is 0 Å². The molecule has 0 aromatic heterocycles. The molecule has 0 atom stereocenters. The molecular formula is C24H28N2O3. The largest absolute Gasteiger partial charge is 0.382 e. The molecule has 5 heteroatoms. The maximum atomic E-state index is 13.2. The fourth-order valence-corrected chi connectivity index (χ4v) is 3.40. The van der Waals surface area contributed by atoms with Crippen molar-refractivity contribution in [3.8, 4) is 0 Å². The van der Waals surface area contributed by atoms with Gasteiger partial charge < -0.3 is 10.1 Å². The maximum Gasteiger partial charge on any atom is 0.278 e. The molecule has 29 heavy (non-hydrogen) atoms. The van der Waals surface area contributed by atoms with Crippen molar-refractivity contribution >= 4 is 23.1 Å². The van der Waals surface area contributed by atoms with Crippen LogP contribution in [0.5, 0.6) is 0 Å². The molecule has 3 rings (SSSR count). The van der Waals surface area contributed by atoms with Crippen molar-refractivity contribution in [2.24, 2.45) is 0 Å². The summed E-state index contributed by atoms with van der Waals surface area (Å²) in [7, 11) is 0. The van der Waals surface area contributed by atoms with Crippen LogP contribution in [0.15, 0.2) is 48.2 Å². The van der Waals surface area contributed by atoms with Crippen LogP contribution < -0.4 is 5.32 Å². The topological polar surface area (TPSA) is 58.6 Å².